The third-order valence-corrected chi connectivity index (χ3v) is 2.63. The van der Waals surface area contributed by atoms with E-state index in [-0.39, 0.29) is 6.92 Å². The summed E-state index contributed by atoms with van der Waals surface area (Å²) in [5, 5.41) is 8.99. The van der Waals surface area contributed by atoms with Gasteiger partial charge in [0.2, 0.25) is 0 Å². The van der Waals surface area contributed by atoms with Crippen LogP contribution >= 0.6 is 0 Å². The maximum Gasteiger partial charge on any atom is 0.386 e. The largest absolute Gasteiger partial charge is 0.399 e. The molecular weight excluding hydrogens is 295 g/mol. The number of alkyl halides is 3. The van der Waals surface area contributed by atoms with Crippen molar-refractivity contribution in [3.63, 3.8) is 0 Å². The molecule has 0 fully saturated rings. The molecule has 0 N–H and O–H groups in total. The van der Waals surface area contributed by atoms with Gasteiger partial charge in [-0.25, -0.2) is 0 Å². The molecule has 120 valence electrons. The smallest absolute Gasteiger partial charge is 0.386 e. The van der Waals surface area contributed by atoms with Crippen LogP contribution < -0.4 is 0 Å². The van der Waals surface area contributed by atoms with Crippen LogP contribution in [-0.4, -0.2) is 14.5 Å². The van der Waals surface area contributed by atoms with Gasteiger partial charge >= 0.3 is 6.18 Å². The highest BCUT2D eigenvalue weighted by Crippen LogP contribution is 2.20. The Morgan fingerprint density at radius 3 is 1.76 bits per heavy atom. The summed E-state index contributed by atoms with van der Waals surface area (Å²) >= 11 is 0. The number of nitriles is 1. The second-order valence-corrected chi connectivity index (χ2v) is 9.39. The molecule has 0 radical (unpaired) electrons. The first kappa shape index (κ1) is 22.0. The normalized spacial score (nSPS) is 12.0. The van der Waals surface area contributed by atoms with Crippen molar-refractivity contribution in [3.8, 4) is 6.07 Å². The van der Waals surface area contributed by atoms with E-state index in [0.29, 0.717) is 0 Å². The summed E-state index contributed by atoms with van der Waals surface area (Å²) in [5.74, 6) is 0. The van der Waals surface area contributed by atoms with E-state index < -0.39 is 20.6 Å². The summed E-state index contributed by atoms with van der Waals surface area (Å²) in [6.45, 7) is 10.4. The monoisotopic (exact) mass is 319 g/mol. The lowest BCUT2D eigenvalue weighted by molar-refractivity contribution is -0.110. The molecule has 0 aromatic heterocycles. The molecule has 0 bridgehead atoms. The van der Waals surface area contributed by atoms with Gasteiger partial charge < -0.3 is 4.43 Å². The van der Waals surface area contributed by atoms with Crippen LogP contribution in [0.2, 0.25) is 19.6 Å². The number of benzene rings is 1. The van der Waals surface area contributed by atoms with Gasteiger partial charge in [0, 0.05) is 6.92 Å². The van der Waals surface area contributed by atoms with Gasteiger partial charge in [-0.05, 0) is 25.2 Å². The van der Waals surface area contributed by atoms with Crippen molar-refractivity contribution in [2.24, 2.45) is 0 Å². The first-order chi connectivity index (χ1) is 9.53. The van der Waals surface area contributed by atoms with E-state index in [1.54, 1.807) is 0 Å². The fourth-order valence-corrected chi connectivity index (χ4v) is 2.05. The number of rotatable bonds is 3. The second kappa shape index (κ2) is 10.4. The van der Waals surface area contributed by atoms with E-state index in [1.807, 2.05) is 44.2 Å². The summed E-state index contributed by atoms with van der Waals surface area (Å²) in [6.07, 6.45) is -4.41. The number of hydrogen-bond donors (Lipinski definition) is 0. The Morgan fingerprint density at radius 1 is 1.10 bits per heavy atom. The first-order valence-electron chi connectivity index (χ1n) is 6.72. The Kier molecular flexibility index (Phi) is 10.9. The zero-order chi connectivity index (χ0) is 17.1. The fourth-order valence-electron chi connectivity index (χ4n) is 1.15. The van der Waals surface area contributed by atoms with Crippen LogP contribution in [0.5, 0.6) is 0 Å². The molecule has 1 atom stereocenters. The Labute approximate surface area is 126 Å². The molecule has 0 aliphatic heterocycles. The van der Waals surface area contributed by atoms with Crippen LogP contribution in [0.15, 0.2) is 30.3 Å². The molecule has 6 heteroatoms. The van der Waals surface area contributed by atoms with Gasteiger partial charge in [0.1, 0.15) is 0 Å². The van der Waals surface area contributed by atoms with Gasteiger partial charge in [0.15, 0.2) is 14.4 Å². The lowest BCUT2D eigenvalue weighted by Crippen LogP contribution is -2.27. The number of halogens is 3. The lowest BCUT2D eigenvalue weighted by Gasteiger charge is -2.21. The minimum Gasteiger partial charge on any atom is -0.399 e. The zero-order valence-corrected chi connectivity index (χ0v) is 14.5. The van der Waals surface area contributed by atoms with E-state index in [0.717, 1.165) is 5.56 Å². The fraction of sp³-hybridized carbons (Fsp3) is 0.533. The molecule has 0 saturated heterocycles. The van der Waals surface area contributed by atoms with Gasteiger partial charge in [-0.3, -0.25) is 0 Å². The molecule has 2 nitrogen and oxygen atoms in total. The Morgan fingerprint density at radius 2 is 1.48 bits per heavy atom. The quantitative estimate of drug-likeness (QED) is 0.670. The molecular formula is C15H24F3NOSi. The Balaban J connectivity index is 0. The molecule has 0 aliphatic carbocycles. The van der Waals surface area contributed by atoms with Crippen LogP contribution in [0.1, 0.15) is 32.4 Å². The minimum atomic E-state index is -4.00. The summed E-state index contributed by atoms with van der Waals surface area (Å²) in [5.41, 5.74) is 0.942. The van der Waals surface area contributed by atoms with Crippen molar-refractivity contribution in [1.82, 2.24) is 0 Å². The third kappa shape index (κ3) is 16.6. The number of hydrogen-bond acceptors (Lipinski definition) is 2. The van der Waals surface area contributed by atoms with Crippen molar-refractivity contribution in [2.75, 3.05) is 0 Å². The minimum absolute atomic E-state index is 0.188. The Hall–Kier alpha value is -1.32. The molecule has 0 saturated carbocycles. The van der Waals surface area contributed by atoms with Crippen molar-refractivity contribution in [1.29, 1.82) is 5.26 Å². The van der Waals surface area contributed by atoms with Gasteiger partial charge in [0.05, 0.1) is 6.07 Å². The molecule has 21 heavy (non-hydrogen) atoms. The maximum absolute atomic E-state index is 10.4. The van der Waals surface area contributed by atoms with Gasteiger partial charge in [-0.1, -0.05) is 44.2 Å². The standard InChI is InChI=1S/C11H15NOSi.C2H3F3.C2H6/c1-14(2,3)13-11(9-12)10-7-5-4-6-8-10;1-2(3,4)5;1-2/h4-8,11H,1-3H3;1H3;1-2H3. The van der Waals surface area contributed by atoms with Crippen molar-refractivity contribution >= 4 is 8.32 Å². The van der Waals surface area contributed by atoms with Gasteiger partial charge in [0.25, 0.3) is 0 Å². The highest BCUT2D eigenvalue weighted by atomic mass is 28.4. The van der Waals surface area contributed by atoms with Crippen molar-refractivity contribution in [2.45, 2.75) is 52.7 Å². The summed E-state index contributed by atoms with van der Waals surface area (Å²) < 4.78 is 36.8. The number of nitrogens with zero attached hydrogens (tertiary/aromatic N) is 1. The van der Waals surface area contributed by atoms with Crippen LogP contribution in [0.4, 0.5) is 13.2 Å². The maximum atomic E-state index is 10.4. The van der Waals surface area contributed by atoms with Gasteiger partial charge in [-0.2, -0.15) is 18.4 Å². The first-order valence-corrected chi connectivity index (χ1v) is 10.1. The zero-order valence-electron chi connectivity index (χ0n) is 13.5. The predicted molar refractivity (Wildman–Crippen MR) is 82.3 cm³/mol. The molecule has 1 aromatic carbocycles. The molecule has 1 rings (SSSR count). The summed E-state index contributed by atoms with van der Waals surface area (Å²) in [4.78, 5) is 0. The average molecular weight is 319 g/mol. The van der Waals surface area contributed by atoms with Crippen molar-refractivity contribution < 1.29 is 17.6 Å². The SMILES string of the molecule is CC.CC(F)(F)F.C[Si](C)(C)OC(C#N)c1ccccc1. The van der Waals surface area contributed by atoms with Gasteiger partial charge in [-0.15, -0.1) is 0 Å². The van der Waals surface area contributed by atoms with Crippen LogP contribution in [0, 0.1) is 11.3 Å². The third-order valence-electron chi connectivity index (χ3n) is 1.69. The summed E-state index contributed by atoms with van der Waals surface area (Å²) in [7, 11) is -1.65. The van der Waals surface area contributed by atoms with E-state index in [1.165, 1.54) is 0 Å². The second-order valence-electron chi connectivity index (χ2n) is 4.93. The highest BCUT2D eigenvalue weighted by molar-refractivity contribution is 6.69. The molecule has 1 aromatic rings. The molecule has 1 unspecified atom stereocenters. The van der Waals surface area contributed by atoms with E-state index in [2.05, 4.69) is 25.7 Å². The molecule has 0 heterocycles. The molecule has 0 aliphatic rings. The van der Waals surface area contributed by atoms with Crippen LogP contribution in [0.3, 0.4) is 0 Å². The van der Waals surface area contributed by atoms with Crippen LogP contribution in [0.25, 0.3) is 0 Å². The summed E-state index contributed by atoms with van der Waals surface area (Å²) in [6, 6.07) is 11.8. The highest BCUT2D eigenvalue weighted by Gasteiger charge is 2.21. The Bertz CT molecular complexity index is 402. The van der Waals surface area contributed by atoms with Crippen LogP contribution in [-0.2, 0) is 4.43 Å². The molecule has 0 spiro atoms. The van der Waals surface area contributed by atoms with E-state index in [9.17, 15) is 13.2 Å². The van der Waals surface area contributed by atoms with Crippen molar-refractivity contribution in [3.05, 3.63) is 35.9 Å². The topological polar surface area (TPSA) is 33.0 Å². The lowest BCUT2D eigenvalue weighted by atomic mass is 10.1. The van der Waals surface area contributed by atoms with E-state index >= 15 is 0 Å². The predicted octanol–water partition coefficient (Wildman–Crippen LogP) is 5.70. The average Bonchev–Trinajstić information content (AvgIpc) is 2.36. The van der Waals surface area contributed by atoms with E-state index in [4.69, 9.17) is 9.69 Å². The molecule has 0 amide bonds.